The van der Waals surface area contributed by atoms with Crippen LogP contribution in [0.2, 0.25) is 0 Å². The van der Waals surface area contributed by atoms with E-state index in [0.717, 1.165) is 26.1 Å². The van der Waals surface area contributed by atoms with Gasteiger partial charge in [-0.15, -0.1) is 0 Å². The number of carbonyl (C=O) groups is 1. The van der Waals surface area contributed by atoms with Crippen LogP contribution in [0.15, 0.2) is 24.3 Å². The van der Waals surface area contributed by atoms with Gasteiger partial charge in [0.2, 0.25) is 5.91 Å². The second kappa shape index (κ2) is 7.41. The molecular weight excluding hydrogens is 252 g/mol. The first-order valence-electron chi connectivity index (χ1n) is 7.32. The summed E-state index contributed by atoms with van der Waals surface area (Å²) in [5.41, 5.74) is 2.45. The zero-order valence-corrected chi connectivity index (χ0v) is 12.3. The van der Waals surface area contributed by atoms with Gasteiger partial charge in [0, 0.05) is 25.3 Å². The van der Waals surface area contributed by atoms with Crippen molar-refractivity contribution in [2.24, 2.45) is 0 Å². The van der Waals surface area contributed by atoms with E-state index in [0.29, 0.717) is 6.54 Å². The Bertz CT molecular complexity index is 425. The summed E-state index contributed by atoms with van der Waals surface area (Å²) in [5, 5.41) is 6.32. The summed E-state index contributed by atoms with van der Waals surface area (Å²) in [5.74, 6) is 0.0656. The number of amides is 1. The highest BCUT2D eigenvalue weighted by atomic mass is 16.5. The van der Waals surface area contributed by atoms with Crippen LogP contribution in [-0.4, -0.2) is 31.7 Å². The molecule has 1 amide bonds. The fourth-order valence-electron chi connectivity index (χ4n) is 2.34. The van der Waals surface area contributed by atoms with E-state index in [1.807, 2.05) is 0 Å². The summed E-state index contributed by atoms with van der Waals surface area (Å²) < 4.78 is 5.28. The van der Waals surface area contributed by atoms with Crippen molar-refractivity contribution in [2.45, 2.75) is 38.8 Å². The van der Waals surface area contributed by atoms with Crippen molar-refractivity contribution in [1.29, 1.82) is 0 Å². The predicted octanol–water partition coefficient (Wildman–Crippen LogP) is 1.94. The molecule has 1 aromatic rings. The van der Waals surface area contributed by atoms with E-state index in [2.05, 4.69) is 48.7 Å². The van der Waals surface area contributed by atoms with E-state index in [1.165, 1.54) is 11.1 Å². The van der Waals surface area contributed by atoms with Crippen LogP contribution in [-0.2, 0) is 9.53 Å². The van der Waals surface area contributed by atoms with Gasteiger partial charge >= 0.3 is 0 Å². The standard InChI is InChI=1S/C16H24N2O2/c1-12-3-5-14(6-4-12)13(2)17-11-16(19)18-15-7-9-20-10-8-15/h3-6,13,15,17H,7-11H2,1-2H3,(H,18,19). The summed E-state index contributed by atoms with van der Waals surface area (Å²) >= 11 is 0. The zero-order valence-electron chi connectivity index (χ0n) is 12.3. The molecule has 0 radical (unpaired) electrons. The molecule has 2 rings (SSSR count). The zero-order chi connectivity index (χ0) is 14.4. The smallest absolute Gasteiger partial charge is 0.234 e. The molecule has 20 heavy (non-hydrogen) atoms. The molecule has 0 bridgehead atoms. The lowest BCUT2D eigenvalue weighted by atomic mass is 10.1. The van der Waals surface area contributed by atoms with Gasteiger partial charge in [0.25, 0.3) is 0 Å². The van der Waals surface area contributed by atoms with Gasteiger partial charge in [0.1, 0.15) is 0 Å². The Kier molecular flexibility index (Phi) is 5.56. The van der Waals surface area contributed by atoms with Gasteiger partial charge in [-0.2, -0.15) is 0 Å². The van der Waals surface area contributed by atoms with E-state index >= 15 is 0 Å². The lowest BCUT2D eigenvalue weighted by molar-refractivity contribution is -0.121. The van der Waals surface area contributed by atoms with Crippen LogP contribution in [0, 0.1) is 6.92 Å². The highest BCUT2D eigenvalue weighted by molar-refractivity contribution is 5.78. The number of hydrogen-bond acceptors (Lipinski definition) is 3. The molecular formula is C16H24N2O2. The van der Waals surface area contributed by atoms with Crippen LogP contribution in [0.3, 0.4) is 0 Å². The molecule has 0 spiro atoms. The maximum Gasteiger partial charge on any atom is 0.234 e. The van der Waals surface area contributed by atoms with E-state index < -0.39 is 0 Å². The minimum atomic E-state index is 0.0656. The van der Waals surface area contributed by atoms with Gasteiger partial charge in [-0.05, 0) is 32.3 Å². The number of nitrogens with one attached hydrogen (secondary N) is 2. The molecule has 1 aromatic carbocycles. The van der Waals surface area contributed by atoms with Gasteiger partial charge in [-0.3, -0.25) is 4.79 Å². The minimum Gasteiger partial charge on any atom is -0.381 e. The highest BCUT2D eigenvalue weighted by Gasteiger charge is 2.16. The van der Waals surface area contributed by atoms with Crippen molar-refractivity contribution >= 4 is 5.91 Å². The number of ether oxygens (including phenoxy) is 1. The summed E-state index contributed by atoms with van der Waals surface area (Å²) in [4.78, 5) is 11.9. The van der Waals surface area contributed by atoms with Gasteiger partial charge in [0.15, 0.2) is 0 Å². The quantitative estimate of drug-likeness (QED) is 0.864. The van der Waals surface area contributed by atoms with Gasteiger partial charge in [-0.25, -0.2) is 0 Å². The largest absolute Gasteiger partial charge is 0.381 e. The number of aryl methyl sites for hydroxylation is 1. The fraction of sp³-hybridized carbons (Fsp3) is 0.562. The number of rotatable bonds is 5. The molecule has 0 saturated carbocycles. The summed E-state index contributed by atoms with van der Waals surface area (Å²) in [6, 6.07) is 8.83. The van der Waals surface area contributed by atoms with Crippen LogP contribution in [0.25, 0.3) is 0 Å². The Morgan fingerprint density at radius 2 is 1.95 bits per heavy atom. The first kappa shape index (κ1) is 15.0. The average Bonchev–Trinajstić information content (AvgIpc) is 2.46. The van der Waals surface area contributed by atoms with E-state index in [4.69, 9.17) is 4.74 Å². The fourth-order valence-corrected chi connectivity index (χ4v) is 2.34. The molecule has 1 fully saturated rings. The van der Waals surface area contributed by atoms with Crippen molar-refractivity contribution < 1.29 is 9.53 Å². The number of carbonyl (C=O) groups excluding carboxylic acids is 1. The molecule has 2 N–H and O–H groups in total. The van der Waals surface area contributed by atoms with Crippen LogP contribution >= 0.6 is 0 Å². The molecule has 1 heterocycles. The van der Waals surface area contributed by atoms with Crippen molar-refractivity contribution in [3.05, 3.63) is 35.4 Å². The second-order valence-corrected chi connectivity index (χ2v) is 5.47. The third-order valence-corrected chi connectivity index (χ3v) is 3.73. The Labute approximate surface area is 120 Å². The maximum atomic E-state index is 11.9. The minimum absolute atomic E-state index is 0.0656. The number of hydrogen-bond donors (Lipinski definition) is 2. The number of benzene rings is 1. The van der Waals surface area contributed by atoms with Gasteiger partial charge in [-0.1, -0.05) is 29.8 Å². The van der Waals surface area contributed by atoms with Crippen molar-refractivity contribution in [3.8, 4) is 0 Å². The maximum absolute atomic E-state index is 11.9. The van der Waals surface area contributed by atoms with Crippen molar-refractivity contribution in [1.82, 2.24) is 10.6 Å². The normalized spacial score (nSPS) is 17.7. The Morgan fingerprint density at radius 3 is 2.60 bits per heavy atom. The van der Waals surface area contributed by atoms with Gasteiger partial charge < -0.3 is 15.4 Å². The molecule has 1 unspecified atom stereocenters. The molecule has 4 nitrogen and oxygen atoms in total. The second-order valence-electron chi connectivity index (χ2n) is 5.47. The molecule has 110 valence electrons. The van der Waals surface area contributed by atoms with Crippen molar-refractivity contribution in [2.75, 3.05) is 19.8 Å². The van der Waals surface area contributed by atoms with Crippen molar-refractivity contribution in [3.63, 3.8) is 0 Å². The molecule has 1 aliphatic rings. The topological polar surface area (TPSA) is 50.4 Å². The van der Waals surface area contributed by atoms with Crippen LogP contribution < -0.4 is 10.6 Å². The molecule has 1 atom stereocenters. The van der Waals surface area contributed by atoms with Gasteiger partial charge in [0.05, 0.1) is 6.54 Å². The SMILES string of the molecule is Cc1ccc(C(C)NCC(=O)NC2CCOCC2)cc1. The lowest BCUT2D eigenvalue weighted by Crippen LogP contribution is -2.43. The Morgan fingerprint density at radius 1 is 1.30 bits per heavy atom. The van der Waals surface area contributed by atoms with Crippen LogP contribution in [0.4, 0.5) is 0 Å². The third-order valence-electron chi connectivity index (χ3n) is 3.73. The van der Waals surface area contributed by atoms with E-state index in [1.54, 1.807) is 0 Å². The van der Waals surface area contributed by atoms with E-state index in [-0.39, 0.29) is 18.0 Å². The van der Waals surface area contributed by atoms with Crippen LogP contribution in [0.5, 0.6) is 0 Å². The molecule has 1 saturated heterocycles. The summed E-state index contributed by atoms with van der Waals surface area (Å²) in [7, 11) is 0. The van der Waals surface area contributed by atoms with Crippen LogP contribution in [0.1, 0.15) is 36.9 Å². The highest BCUT2D eigenvalue weighted by Crippen LogP contribution is 2.12. The lowest BCUT2D eigenvalue weighted by Gasteiger charge is -2.23. The summed E-state index contributed by atoms with van der Waals surface area (Å²) in [6.45, 7) is 6.00. The molecule has 0 aromatic heterocycles. The predicted molar refractivity (Wildman–Crippen MR) is 79.6 cm³/mol. The Hall–Kier alpha value is -1.39. The first-order chi connectivity index (χ1) is 9.65. The third kappa shape index (κ3) is 4.62. The molecule has 0 aliphatic carbocycles. The average molecular weight is 276 g/mol. The first-order valence-corrected chi connectivity index (χ1v) is 7.32. The molecule has 4 heteroatoms. The Balaban J connectivity index is 1.73. The monoisotopic (exact) mass is 276 g/mol. The van der Waals surface area contributed by atoms with E-state index in [9.17, 15) is 4.79 Å². The summed E-state index contributed by atoms with van der Waals surface area (Å²) in [6.07, 6.45) is 1.83. The molecule has 1 aliphatic heterocycles.